The monoisotopic (exact) mass is 264 g/mol. The Balaban J connectivity index is 2.00. The molecule has 2 heterocycles. The summed E-state index contributed by atoms with van der Waals surface area (Å²) >= 11 is 0. The molecule has 0 radical (unpaired) electrons. The molecular weight excluding hydrogens is 236 g/mol. The van der Waals surface area contributed by atoms with E-state index in [9.17, 15) is 0 Å². The summed E-state index contributed by atoms with van der Waals surface area (Å²) in [4.78, 5) is 7.06. The number of rotatable bonds is 3. The molecule has 108 valence electrons. The Bertz CT molecular complexity index is 405. The Morgan fingerprint density at radius 2 is 2.16 bits per heavy atom. The van der Waals surface area contributed by atoms with Crippen molar-refractivity contribution < 1.29 is 0 Å². The van der Waals surface area contributed by atoms with E-state index in [4.69, 9.17) is 0 Å². The SMILES string of the molecule is CC1CN(CCc2nccn2C)C(C(C)(C)C)CN1. The van der Waals surface area contributed by atoms with Crippen molar-refractivity contribution in [2.24, 2.45) is 12.5 Å². The summed E-state index contributed by atoms with van der Waals surface area (Å²) < 4.78 is 2.12. The van der Waals surface area contributed by atoms with Gasteiger partial charge < -0.3 is 9.88 Å². The van der Waals surface area contributed by atoms with E-state index >= 15 is 0 Å². The Morgan fingerprint density at radius 1 is 1.42 bits per heavy atom. The van der Waals surface area contributed by atoms with Crippen LogP contribution in [0.15, 0.2) is 12.4 Å². The maximum atomic E-state index is 4.43. The van der Waals surface area contributed by atoms with E-state index in [0.29, 0.717) is 17.5 Å². The van der Waals surface area contributed by atoms with Crippen LogP contribution in [0.5, 0.6) is 0 Å². The van der Waals surface area contributed by atoms with Crippen LogP contribution in [0.25, 0.3) is 0 Å². The molecule has 2 rings (SSSR count). The van der Waals surface area contributed by atoms with Crippen LogP contribution in [0.4, 0.5) is 0 Å². The standard InChI is InChI=1S/C15H28N4/c1-12-11-19(13(10-17-12)15(2,3)4)8-6-14-16-7-9-18(14)5/h7,9,12-13,17H,6,8,10-11H2,1-5H3. The fraction of sp³-hybridized carbons (Fsp3) is 0.800. The Morgan fingerprint density at radius 3 is 2.74 bits per heavy atom. The van der Waals surface area contributed by atoms with Gasteiger partial charge in [-0.1, -0.05) is 20.8 Å². The van der Waals surface area contributed by atoms with Crippen LogP contribution in [0.3, 0.4) is 0 Å². The van der Waals surface area contributed by atoms with Crippen LogP contribution in [0, 0.1) is 5.41 Å². The maximum Gasteiger partial charge on any atom is 0.109 e. The molecule has 2 atom stereocenters. The zero-order valence-electron chi connectivity index (χ0n) is 13.0. The Kier molecular flexibility index (Phi) is 4.31. The largest absolute Gasteiger partial charge is 0.338 e. The lowest BCUT2D eigenvalue weighted by Gasteiger charge is -2.45. The average molecular weight is 264 g/mol. The third-order valence-corrected chi connectivity index (χ3v) is 4.15. The molecule has 0 aromatic carbocycles. The van der Waals surface area contributed by atoms with Crippen LogP contribution >= 0.6 is 0 Å². The van der Waals surface area contributed by atoms with E-state index in [0.717, 1.165) is 26.1 Å². The van der Waals surface area contributed by atoms with Gasteiger partial charge in [0, 0.05) is 57.6 Å². The van der Waals surface area contributed by atoms with Gasteiger partial charge in [0.05, 0.1) is 0 Å². The molecule has 2 unspecified atom stereocenters. The number of nitrogens with one attached hydrogen (secondary N) is 1. The van der Waals surface area contributed by atoms with Gasteiger partial charge in [-0.05, 0) is 12.3 Å². The van der Waals surface area contributed by atoms with Crippen LogP contribution in [0.2, 0.25) is 0 Å². The molecule has 1 N–H and O–H groups in total. The highest BCUT2D eigenvalue weighted by Crippen LogP contribution is 2.26. The van der Waals surface area contributed by atoms with Crippen molar-refractivity contribution in [3.05, 3.63) is 18.2 Å². The van der Waals surface area contributed by atoms with Crippen LogP contribution in [-0.2, 0) is 13.5 Å². The first kappa shape index (κ1) is 14.5. The smallest absolute Gasteiger partial charge is 0.109 e. The van der Waals surface area contributed by atoms with Gasteiger partial charge >= 0.3 is 0 Å². The van der Waals surface area contributed by atoms with Crippen molar-refractivity contribution in [3.63, 3.8) is 0 Å². The number of imidazole rings is 1. The second-order valence-corrected chi connectivity index (χ2v) is 6.89. The third-order valence-electron chi connectivity index (χ3n) is 4.15. The van der Waals surface area contributed by atoms with Crippen LogP contribution < -0.4 is 5.32 Å². The van der Waals surface area contributed by atoms with Gasteiger partial charge in [0.1, 0.15) is 5.82 Å². The fourth-order valence-corrected chi connectivity index (χ4v) is 2.97. The summed E-state index contributed by atoms with van der Waals surface area (Å²) in [5.74, 6) is 1.18. The average Bonchev–Trinajstić information content (AvgIpc) is 2.70. The molecule has 1 aliphatic rings. The molecule has 1 aliphatic heterocycles. The highest BCUT2D eigenvalue weighted by molar-refractivity contribution is 4.95. The van der Waals surface area contributed by atoms with Crippen molar-refractivity contribution in [2.75, 3.05) is 19.6 Å². The van der Waals surface area contributed by atoms with Crippen molar-refractivity contribution in [1.29, 1.82) is 0 Å². The lowest BCUT2D eigenvalue weighted by atomic mass is 9.84. The Labute approximate surface area is 117 Å². The molecule has 0 aliphatic carbocycles. The second-order valence-electron chi connectivity index (χ2n) is 6.89. The van der Waals surface area contributed by atoms with E-state index in [1.807, 2.05) is 12.4 Å². The fourth-order valence-electron chi connectivity index (χ4n) is 2.97. The predicted octanol–water partition coefficient (Wildman–Crippen LogP) is 1.67. The number of aryl methyl sites for hydroxylation is 1. The molecule has 0 saturated carbocycles. The first-order chi connectivity index (χ1) is 8.88. The Hall–Kier alpha value is -0.870. The molecule has 1 aromatic rings. The minimum absolute atomic E-state index is 0.314. The quantitative estimate of drug-likeness (QED) is 0.901. The normalized spacial score (nSPS) is 25.7. The van der Waals surface area contributed by atoms with Gasteiger partial charge in [-0.2, -0.15) is 0 Å². The molecular formula is C15H28N4. The van der Waals surface area contributed by atoms with Crippen molar-refractivity contribution in [1.82, 2.24) is 19.8 Å². The number of piperazine rings is 1. The summed E-state index contributed by atoms with van der Waals surface area (Å²) in [6, 6.07) is 1.18. The zero-order chi connectivity index (χ0) is 14.0. The molecule has 1 fully saturated rings. The highest BCUT2D eigenvalue weighted by Gasteiger charge is 2.34. The topological polar surface area (TPSA) is 33.1 Å². The summed E-state index contributed by atoms with van der Waals surface area (Å²) in [7, 11) is 2.07. The first-order valence-electron chi connectivity index (χ1n) is 7.31. The molecule has 4 nitrogen and oxygen atoms in total. The summed E-state index contributed by atoms with van der Waals surface area (Å²) in [6.07, 6.45) is 4.94. The van der Waals surface area contributed by atoms with Gasteiger partial charge in [0.2, 0.25) is 0 Å². The second kappa shape index (κ2) is 5.63. The summed E-state index contributed by atoms with van der Waals surface area (Å²) in [6.45, 7) is 12.6. The van der Waals surface area contributed by atoms with Crippen molar-refractivity contribution >= 4 is 0 Å². The highest BCUT2D eigenvalue weighted by atomic mass is 15.2. The minimum atomic E-state index is 0.314. The van der Waals surface area contributed by atoms with Gasteiger partial charge in [-0.25, -0.2) is 4.98 Å². The molecule has 0 bridgehead atoms. The van der Waals surface area contributed by atoms with E-state index in [1.54, 1.807) is 0 Å². The zero-order valence-corrected chi connectivity index (χ0v) is 13.0. The summed E-state index contributed by atoms with van der Waals surface area (Å²) in [5, 5.41) is 3.61. The van der Waals surface area contributed by atoms with Crippen molar-refractivity contribution in [2.45, 2.75) is 46.2 Å². The minimum Gasteiger partial charge on any atom is -0.338 e. The molecule has 0 amide bonds. The number of hydrogen-bond acceptors (Lipinski definition) is 3. The van der Waals surface area contributed by atoms with Crippen LogP contribution in [0.1, 0.15) is 33.5 Å². The van der Waals surface area contributed by atoms with Gasteiger partial charge in [-0.3, -0.25) is 4.90 Å². The lowest BCUT2D eigenvalue weighted by Crippen LogP contribution is -2.60. The first-order valence-corrected chi connectivity index (χ1v) is 7.31. The molecule has 4 heteroatoms. The molecule has 19 heavy (non-hydrogen) atoms. The van der Waals surface area contributed by atoms with Crippen molar-refractivity contribution in [3.8, 4) is 0 Å². The number of nitrogens with zero attached hydrogens (tertiary/aromatic N) is 3. The van der Waals surface area contributed by atoms with Crippen LogP contribution in [-0.4, -0.2) is 46.2 Å². The van der Waals surface area contributed by atoms with E-state index in [-0.39, 0.29) is 0 Å². The third kappa shape index (κ3) is 3.57. The molecule has 1 saturated heterocycles. The van der Waals surface area contributed by atoms with Gasteiger partial charge in [0.15, 0.2) is 0 Å². The van der Waals surface area contributed by atoms with Gasteiger partial charge in [0.25, 0.3) is 0 Å². The van der Waals surface area contributed by atoms with E-state index in [1.165, 1.54) is 5.82 Å². The summed E-state index contributed by atoms with van der Waals surface area (Å²) in [5.41, 5.74) is 0.314. The van der Waals surface area contributed by atoms with Gasteiger partial charge in [-0.15, -0.1) is 0 Å². The van der Waals surface area contributed by atoms with E-state index < -0.39 is 0 Å². The molecule has 0 spiro atoms. The number of aromatic nitrogens is 2. The number of hydrogen-bond donors (Lipinski definition) is 1. The van der Waals surface area contributed by atoms with E-state index in [2.05, 4.69) is 54.5 Å². The maximum absolute atomic E-state index is 4.43. The predicted molar refractivity (Wildman–Crippen MR) is 79.2 cm³/mol. The molecule has 1 aromatic heterocycles. The lowest BCUT2D eigenvalue weighted by molar-refractivity contribution is 0.0595.